The molecule has 0 aliphatic carbocycles. The maximum absolute atomic E-state index is 12.5. The third-order valence-electron chi connectivity index (χ3n) is 4.34. The summed E-state index contributed by atoms with van der Waals surface area (Å²) >= 11 is 0. The zero-order chi connectivity index (χ0) is 19.4. The molecule has 0 amide bonds. The number of phenols is 1. The first kappa shape index (κ1) is 18.4. The SMILES string of the molecule is N[C@@H](Cc1ccc(O)cc1-c1ccc(C(=O)c2ccccc2)cc1)C(=O)O. The van der Waals surface area contributed by atoms with Gasteiger partial charge in [0.1, 0.15) is 11.8 Å². The van der Waals surface area contributed by atoms with Crippen LogP contribution in [0.4, 0.5) is 0 Å². The van der Waals surface area contributed by atoms with Crippen LogP contribution in [0.15, 0.2) is 72.8 Å². The van der Waals surface area contributed by atoms with Crippen LogP contribution in [-0.4, -0.2) is 28.0 Å². The largest absolute Gasteiger partial charge is 0.508 e. The second-order valence-corrected chi connectivity index (χ2v) is 6.26. The third kappa shape index (κ3) is 4.22. The number of phenolic OH excluding ortho intramolecular Hbond substituents is 1. The Morgan fingerprint density at radius 1 is 0.889 bits per heavy atom. The van der Waals surface area contributed by atoms with E-state index in [1.54, 1.807) is 48.5 Å². The molecule has 3 rings (SSSR count). The molecule has 5 heteroatoms. The van der Waals surface area contributed by atoms with Gasteiger partial charge in [-0.15, -0.1) is 0 Å². The molecule has 0 aliphatic heterocycles. The first-order valence-corrected chi connectivity index (χ1v) is 8.46. The first-order chi connectivity index (χ1) is 13.0. The van der Waals surface area contributed by atoms with Gasteiger partial charge in [-0.05, 0) is 35.2 Å². The summed E-state index contributed by atoms with van der Waals surface area (Å²) in [6.07, 6.45) is 0.135. The lowest BCUT2D eigenvalue weighted by molar-refractivity contribution is -0.138. The van der Waals surface area contributed by atoms with E-state index < -0.39 is 12.0 Å². The van der Waals surface area contributed by atoms with E-state index in [4.69, 9.17) is 10.8 Å². The van der Waals surface area contributed by atoms with Gasteiger partial charge in [-0.3, -0.25) is 9.59 Å². The normalized spacial score (nSPS) is 11.7. The fourth-order valence-electron chi connectivity index (χ4n) is 2.89. The van der Waals surface area contributed by atoms with Crippen LogP contribution in [0.5, 0.6) is 5.75 Å². The molecule has 4 N–H and O–H groups in total. The Morgan fingerprint density at radius 3 is 2.15 bits per heavy atom. The summed E-state index contributed by atoms with van der Waals surface area (Å²) in [5, 5.41) is 18.9. The van der Waals surface area contributed by atoms with Crippen molar-refractivity contribution in [2.45, 2.75) is 12.5 Å². The minimum atomic E-state index is -1.09. The van der Waals surface area contributed by atoms with Gasteiger partial charge in [0.05, 0.1) is 0 Å². The third-order valence-corrected chi connectivity index (χ3v) is 4.34. The van der Waals surface area contributed by atoms with Crippen molar-refractivity contribution >= 4 is 11.8 Å². The molecule has 0 spiro atoms. The summed E-state index contributed by atoms with van der Waals surface area (Å²) < 4.78 is 0. The van der Waals surface area contributed by atoms with E-state index in [1.165, 1.54) is 6.07 Å². The number of benzene rings is 3. The van der Waals surface area contributed by atoms with Gasteiger partial charge in [0.2, 0.25) is 0 Å². The Morgan fingerprint density at radius 2 is 1.52 bits per heavy atom. The van der Waals surface area contributed by atoms with Crippen molar-refractivity contribution in [3.8, 4) is 16.9 Å². The van der Waals surface area contributed by atoms with Crippen LogP contribution in [0.1, 0.15) is 21.5 Å². The quantitative estimate of drug-likeness (QED) is 0.585. The number of hydrogen-bond donors (Lipinski definition) is 3. The maximum atomic E-state index is 12.5. The predicted octanol–water partition coefficient (Wildman–Crippen LogP) is 3.24. The maximum Gasteiger partial charge on any atom is 0.320 e. The van der Waals surface area contributed by atoms with Crippen molar-refractivity contribution in [3.05, 3.63) is 89.5 Å². The van der Waals surface area contributed by atoms with E-state index in [0.29, 0.717) is 22.3 Å². The molecule has 0 heterocycles. The summed E-state index contributed by atoms with van der Waals surface area (Å²) in [5.74, 6) is -1.09. The highest BCUT2D eigenvalue weighted by molar-refractivity contribution is 6.09. The second-order valence-electron chi connectivity index (χ2n) is 6.26. The van der Waals surface area contributed by atoms with Crippen molar-refractivity contribution < 1.29 is 19.8 Å². The smallest absolute Gasteiger partial charge is 0.320 e. The molecule has 1 atom stereocenters. The number of nitrogens with two attached hydrogens (primary N) is 1. The molecule has 0 unspecified atom stereocenters. The molecule has 0 aliphatic rings. The number of aliphatic carboxylic acids is 1. The molecule has 0 radical (unpaired) electrons. The number of rotatable bonds is 6. The van der Waals surface area contributed by atoms with Crippen LogP contribution >= 0.6 is 0 Å². The summed E-state index contributed by atoms with van der Waals surface area (Å²) in [6.45, 7) is 0. The van der Waals surface area contributed by atoms with Crippen LogP contribution < -0.4 is 5.73 Å². The predicted molar refractivity (Wildman–Crippen MR) is 103 cm³/mol. The van der Waals surface area contributed by atoms with E-state index >= 15 is 0 Å². The topological polar surface area (TPSA) is 101 Å². The number of carboxylic acid groups (broad SMARTS) is 1. The first-order valence-electron chi connectivity index (χ1n) is 8.46. The number of carbonyl (C=O) groups is 2. The zero-order valence-corrected chi connectivity index (χ0v) is 14.5. The van der Waals surface area contributed by atoms with Crippen LogP contribution in [0.3, 0.4) is 0 Å². The molecule has 3 aromatic carbocycles. The molecule has 27 heavy (non-hydrogen) atoms. The number of hydrogen-bond acceptors (Lipinski definition) is 4. The van der Waals surface area contributed by atoms with E-state index in [2.05, 4.69) is 0 Å². The van der Waals surface area contributed by atoms with Crippen LogP contribution in [0, 0.1) is 0 Å². The number of carboxylic acids is 1. The average molecular weight is 361 g/mol. The van der Waals surface area contributed by atoms with Gasteiger partial charge in [0, 0.05) is 11.1 Å². The van der Waals surface area contributed by atoms with Gasteiger partial charge >= 0.3 is 5.97 Å². The summed E-state index contributed by atoms with van der Waals surface area (Å²) in [4.78, 5) is 23.6. The van der Waals surface area contributed by atoms with E-state index in [0.717, 1.165) is 5.56 Å². The molecular weight excluding hydrogens is 342 g/mol. The average Bonchev–Trinajstić information content (AvgIpc) is 2.69. The van der Waals surface area contributed by atoms with Gasteiger partial charge in [-0.25, -0.2) is 0 Å². The molecule has 0 bridgehead atoms. The minimum Gasteiger partial charge on any atom is -0.508 e. The molecule has 3 aromatic rings. The Bertz CT molecular complexity index is 965. The summed E-state index contributed by atoms with van der Waals surface area (Å²) in [7, 11) is 0. The van der Waals surface area contributed by atoms with Gasteiger partial charge in [-0.1, -0.05) is 60.7 Å². The Labute approximate surface area is 156 Å². The molecular formula is C22H19NO4. The van der Waals surface area contributed by atoms with Crippen LogP contribution in [0.25, 0.3) is 11.1 Å². The van der Waals surface area contributed by atoms with E-state index in [9.17, 15) is 14.7 Å². The minimum absolute atomic E-state index is 0.0714. The molecule has 0 fully saturated rings. The Hall–Kier alpha value is -3.44. The molecule has 0 saturated heterocycles. The van der Waals surface area contributed by atoms with Crippen molar-refractivity contribution in [1.29, 1.82) is 0 Å². The lowest BCUT2D eigenvalue weighted by Crippen LogP contribution is -2.32. The van der Waals surface area contributed by atoms with Gasteiger partial charge in [0.25, 0.3) is 0 Å². The molecule has 5 nitrogen and oxygen atoms in total. The van der Waals surface area contributed by atoms with Gasteiger partial charge in [0.15, 0.2) is 5.78 Å². The summed E-state index contributed by atoms with van der Waals surface area (Å²) in [6, 6.07) is 19.7. The number of carbonyl (C=O) groups excluding carboxylic acids is 1. The van der Waals surface area contributed by atoms with Crippen molar-refractivity contribution in [2.75, 3.05) is 0 Å². The Balaban J connectivity index is 1.92. The highest BCUT2D eigenvalue weighted by atomic mass is 16.4. The van der Waals surface area contributed by atoms with E-state index in [1.807, 2.05) is 18.2 Å². The molecule has 136 valence electrons. The fourth-order valence-corrected chi connectivity index (χ4v) is 2.89. The summed E-state index contributed by atoms with van der Waals surface area (Å²) in [5.41, 5.74) is 8.98. The van der Waals surface area contributed by atoms with Crippen molar-refractivity contribution in [3.63, 3.8) is 0 Å². The number of ketones is 1. The van der Waals surface area contributed by atoms with Gasteiger partial charge < -0.3 is 15.9 Å². The second kappa shape index (κ2) is 7.85. The van der Waals surface area contributed by atoms with Crippen molar-refractivity contribution in [2.24, 2.45) is 5.73 Å². The Kier molecular flexibility index (Phi) is 5.33. The standard InChI is InChI=1S/C22H19NO4/c23-20(22(26)27)12-17-10-11-18(24)13-19(17)14-6-8-16(9-7-14)21(25)15-4-2-1-3-5-15/h1-11,13,20,24H,12,23H2,(H,26,27)/t20-/m0/s1. The lowest BCUT2D eigenvalue weighted by atomic mass is 9.93. The zero-order valence-electron chi connectivity index (χ0n) is 14.5. The highest BCUT2D eigenvalue weighted by Gasteiger charge is 2.16. The lowest BCUT2D eigenvalue weighted by Gasteiger charge is -2.13. The monoisotopic (exact) mass is 361 g/mol. The van der Waals surface area contributed by atoms with Crippen LogP contribution in [0.2, 0.25) is 0 Å². The van der Waals surface area contributed by atoms with Crippen molar-refractivity contribution in [1.82, 2.24) is 0 Å². The molecule has 0 aromatic heterocycles. The van der Waals surface area contributed by atoms with Gasteiger partial charge in [-0.2, -0.15) is 0 Å². The highest BCUT2D eigenvalue weighted by Crippen LogP contribution is 2.29. The van der Waals surface area contributed by atoms with E-state index in [-0.39, 0.29) is 18.0 Å². The molecule has 0 saturated carbocycles. The fraction of sp³-hybridized carbons (Fsp3) is 0.0909. The number of aromatic hydroxyl groups is 1. The van der Waals surface area contributed by atoms with Crippen LogP contribution in [-0.2, 0) is 11.2 Å².